The van der Waals surface area contributed by atoms with Crippen molar-refractivity contribution in [3.8, 4) is 11.5 Å². The smallest absolute Gasteiger partial charge is 0.291 e. The molecule has 0 radical (unpaired) electrons. The number of hydrogen-bond donors (Lipinski definition) is 1. The number of anilines is 1. The van der Waals surface area contributed by atoms with Crippen molar-refractivity contribution in [1.82, 2.24) is 0 Å². The van der Waals surface area contributed by atoms with Crippen molar-refractivity contribution in [2.75, 3.05) is 19.5 Å². The Morgan fingerprint density at radius 2 is 2.07 bits per heavy atom. The van der Waals surface area contributed by atoms with Crippen LogP contribution in [0.1, 0.15) is 0 Å². The Balaban J connectivity index is 3.01. The Bertz CT molecular complexity index is 341. The summed E-state index contributed by atoms with van der Waals surface area (Å²) in [5.74, 6) is 1.24. The predicted molar refractivity (Wildman–Crippen MR) is 57.5 cm³/mol. The van der Waals surface area contributed by atoms with Crippen LogP contribution in [0.4, 0.5) is 10.5 Å². The van der Waals surface area contributed by atoms with Crippen molar-refractivity contribution in [3.05, 3.63) is 18.2 Å². The van der Waals surface area contributed by atoms with Crippen molar-refractivity contribution >= 4 is 26.4 Å². The first-order valence-electron chi connectivity index (χ1n) is 3.86. The molecule has 0 saturated heterocycles. The van der Waals surface area contributed by atoms with Crippen LogP contribution in [0.25, 0.3) is 0 Å². The Hall–Kier alpha value is -1.23. The lowest BCUT2D eigenvalue weighted by molar-refractivity contribution is 0.270. The number of methoxy groups -OCH3 is 2. The molecule has 14 heavy (non-hydrogen) atoms. The van der Waals surface area contributed by atoms with Crippen LogP contribution in [-0.2, 0) is 0 Å². The standard InChI is InChI=1S/C9H10BrNO3/c1-13-6-3-4-8(14-2)7(5-6)11-9(10)12/h3-5H,1-2H3,(H,11,12). The molecule has 0 atom stereocenters. The van der Waals surface area contributed by atoms with Gasteiger partial charge in [-0.15, -0.1) is 0 Å². The minimum Gasteiger partial charge on any atom is -0.497 e. The third-order valence-electron chi connectivity index (χ3n) is 1.64. The maximum absolute atomic E-state index is 10.8. The van der Waals surface area contributed by atoms with Crippen molar-refractivity contribution in [3.63, 3.8) is 0 Å². The zero-order chi connectivity index (χ0) is 10.6. The number of amides is 1. The van der Waals surface area contributed by atoms with E-state index in [1.54, 1.807) is 25.3 Å². The topological polar surface area (TPSA) is 47.6 Å². The first-order valence-corrected chi connectivity index (χ1v) is 4.65. The summed E-state index contributed by atoms with van der Waals surface area (Å²) in [6.07, 6.45) is 0. The lowest BCUT2D eigenvalue weighted by atomic mass is 10.3. The molecule has 4 nitrogen and oxygen atoms in total. The predicted octanol–water partition coefficient (Wildman–Crippen LogP) is 2.63. The van der Waals surface area contributed by atoms with E-state index in [-0.39, 0.29) is 4.82 Å². The van der Waals surface area contributed by atoms with Crippen LogP contribution in [0.2, 0.25) is 0 Å². The van der Waals surface area contributed by atoms with E-state index in [0.717, 1.165) is 0 Å². The molecule has 1 aromatic rings. The van der Waals surface area contributed by atoms with Crippen LogP contribution in [0.3, 0.4) is 0 Å². The largest absolute Gasteiger partial charge is 0.497 e. The van der Waals surface area contributed by atoms with E-state index in [1.165, 1.54) is 7.11 Å². The second kappa shape index (κ2) is 4.85. The van der Waals surface area contributed by atoms with Gasteiger partial charge in [-0.3, -0.25) is 4.79 Å². The average Bonchev–Trinajstić information content (AvgIpc) is 2.16. The van der Waals surface area contributed by atoms with Gasteiger partial charge in [-0.1, -0.05) is 0 Å². The fourth-order valence-corrected chi connectivity index (χ4v) is 1.23. The molecule has 0 bridgehead atoms. The number of rotatable bonds is 3. The quantitative estimate of drug-likeness (QED) is 0.671. The fraction of sp³-hybridized carbons (Fsp3) is 0.222. The molecule has 1 amide bonds. The number of carbonyl (C=O) groups is 1. The van der Waals surface area contributed by atoms with Crippen LogP contribution in [0.15, 0.2) is 18.2 Å². The van der Waals surface area contributed by atoms with Crippen molar-refractivity contribution < 1.29 is 14.3 Å². The van der Waals surface area contributed by atoms with Gasteiger partial charge < -0.3 is 14.8 Å². The van der Waals surface area contributed by atoms with Gasteiger partial charge in [-0.2, -0.15) is 0 Å². The zero-order valence-electron chi connectivity index (χ0n) is 7.83. The molecule has 0 heterocycles. The van der Waals surface area contributed by atoms with Crippen molar-refractivity contribution in [2.45, 2.75) is 0 Å². The zero-order valence-corrected chi connectivity index (χ0v) is 9.42. The van der Waals surface area contributed by atoms with E-state index in [1.807, 2.05) is 0 Å². The third-order valence-corrected chi connectivity index (χ3v) is 1.84. The lowest BCUT2D eigenvalue weighted by Crippen LogP contribution is -2.02. The summed E-state index contributed by atoms with van der Waals surface area (Å²) in [6.45, 7) is 0. The lowest BCUT2D eigenvalue weighted by Gasteiger charge is -2.09. The normalized spacial score (nSPS) is 9.36. The molecule has 5 heteroatoms. The second-order valence-electron chi connectivity index (χ2n) is 2.46. The highest BCUT2D eigenvalue weighted by Crippen LogP contribution is 2.29. The van der Waals surface area contributed by atoms with Gasteiger partial charge in [0.15, 0.2) is 0 Å². The summed E-state index contributed by atoms with van der Waals surface area (Å²) in [6, 6.07) is 5.15. The minimum absolute atomic E-state index is 0.330. The van der Waals surface area contributed by atoms with Gasteiger partial charge in [-0.25, -0.2) is 0 Å². The fourth-order valence-electron chi connectivity index (χ4n) is 1.02. The van der Waals surface area contributed by atoms with E-state index in [4.69, 9.17) is 9.47 Å². The first-order chi connectivity index (χ1) is 6.67. The van der Waals surface area contributed by atoms with Gasteiger partial charge in [0, 0.05) is 22.0 Å². The first kappa shape index (κ1) is 10.8. The Morgan fingerprint density at radius 1 is 1.36 bits per heavy atom. The number of ether oxygens (including phenoxy) is 2. The highest BCUT2D eigenvalue weighted by Gasteiger charge is 2.06. The summed E-state index contributed by atoms with van der Waals surface area (Å²) in [7, 11) is 3.09. The van der Waals surface area contributed by atoms with Gasteiger partial charge in [0.25, 0.3) is 4.82 Å². The summed E-state index contributed by atoms with van der Waals surface area (Å²) < 4.78 is 10.1. The molecule has 1 N–H and O–H groups in total. The van der Waals surface area contributed by atoms with E-state index >= 15 is 0 Å². The number of benzene rings is 1. The highest BCUT2D eigenvalue weighted by atomic mass is 79.9. The van der Waals surface area contributed by atoms with E-state index in [2.05, 4.69) is 21.2 Å². The van der Waals surface area contributed by atoms with Gasteiger partial charge in [0.2, 0.25) is 0 Å². The molecule has 1 rings (SSSR count). The number of hydrogen-bond acceptors (Lipinski definition) is 3. The van der Waals surface area contributed by atoms with E-state index in [0.29, 0.717) is 17.2 Å². The second-order valence-corrected chi connectivity index (χ2v) is 3.19. The number of halogens is 1. The summed E-state index contributed by atoms with van der Waals surface area (Å²) >= 11 is 2.77. The maximum Gasteiger partial charge on any atom is 0.291 e. The van der Waals surface area contributed by atoms with Crippen molar-refractivity contribution in [1.29, 1.82) is 0 Å². The van der Waals surface area contributed by atoms with Gasteiger partial charge in [0.05, 0.1) is 19.9 Å². The van der Waals surface area contributed by atoms with E-state index in [9.17, 15) is 4.79 Å². The SMILES string of the molecule is COc1ccc(OC)c(NC(=O)Br)c1. The molecular weight excluding hydrogens is 250 g/mol. The molecule has 0 saturated carbocycles. The van der Waals surface area contributed by atoms with Gasteiger partial charge in [-0.05, 0) is 12.1 Å². The van der Waals surface area contributed by atoms with Crippen LogP contribution >= 0.6 is 15.9 Å². The van der Waals surface area contributed by atoms with Crippen LogP contribution in [0.5, 0.6) is 11.5 Å². The Morgan fingerprint density at radius 3 is 2.57 bits per heavy atom. The Kier molecular flexibility index (Phi) is 3.76. The molecule has 0 aromatic heterocycles. The molecule has 0 unspecified atom stereocenters. The highest BCUT2D eigenvalue weighted by molar-refractivity contribution is 9.18. The van der Waals surface area contributed by atoms with Crippen LogP contribution in [-0.4, -0.2) is 19.0 Å². The monoisotopic (exact) mass is 259 g/mol. The van der Waals surface area contributed by atoms with Crippen LogP contribution < -0.4 is 14.8 Å². The van der Waals surface area contributed by atoms with Crippen molar-refractivity contribution in [2.24, 2.45) is 0 Å². The average molecular weight is 260 g/mol. The molecule has 0 aliphatic rings. The van der Waals surface area contributed by atoms with Crippen LogP contribution in [0, 0.1) is 0 Å². The van der Waals surface area contributed by atoms with Gasteiger partial charge >= 0.3 is 0 Å². The Labute approximate surface area is 90.3 Å². The molecule has 0 aliphatic heterocycles. The third kappa shape index (κ3) is 2.63. The van der Waals surface area contributed by atoms with E-state index < -0.39 is 0 Å². The summed E-state index contributed by atoms with van der Waals surface area (Å²) in [5, 5.41) is 2.57. The van der Waals surface area contributed by atoms with Gasteiger partial charge in [0.1, 0.15) is 11.5 Å². The molecule has 0 fully saturated rings. The molecule has 1 aromatic carbocycles. The molecule has 0 aliphatic carbocycles. The maximum atomic E-state index is 10.8. The number of carbonyl (C=O) groups excluding carboxylic acids is 1. The molecule has 0 spiro atoms. The molecular formula is C9H10BrNO3. The number of nitrogens with one attached hydrogen (secondary N) is 1. The minimum atomic E-state index is -0.330. The summed E-state index contributed by atoms with van der Waals surface area (Å²) in [4.78, 5) is 10.5. The summed E-state index contributed by atoms with van der Waals surface area (Å²) in [5.41, 5.74) is 0.564. The molecule has 76 valence electrons.